The van der Waals surface area contributed by atoms with Gasteiger partial charge in [0.2, 0.25) is 0 Å². The average Bonchev–Trinajstić information content (AvgIpc) is 2.99. The summed E-state index contributed by atoms with van der Waals surface area (Å²) < 4.78 is 0.672. The van der Waals surface area contributed by atoms with Crippen LogP contribution in [0.15, 0.2) is 41.4 Å². The molecule has 24 heavy (non-hydrogen) atoms. The van der Waals surface area contributed by atoms with Gasteiger partial charge < -0.3 is 15.7 Å². The van der Waals surface area contributed by atoms with Crippen LogP contribution in [0.5, 0.6) is 0 Å². The van der Waals surface area contributed by atoms with Gasteiger partial charge in [-0.1, -0.05) is 35.9 Å². The number of halogens is 1. The summed E-state index contributed by atoms with van der Waals surface area (Å²) in [5, 5.41) is 16.8. The number of nitrogens with one attached hydrogen (secondary N) is 2. The molecule has 0 aliphatic rings. The van der Waals surface area contributed by atoms with Gasteiger partial charge in [0.1, 0.15) is 6.10 Å². The van der Waals surface area contributed by atoms with E-state index in [9.17, 15) is 5.11 Å². The standard InChI is InChI=1S/C18H24ClN3OS/c1-4-20-18(21-11-15(23)16-9-10-17(19)24-16)22-13(3)14-8-6-5-7-12(14)2/h5-10,13,15,23H,4,11H2,1-3H3,(H2,20,21,22). The smallest absolute Gasteiger partial charge is 0.191 e. The number of guanidine groups is 1. The van der Waals surface area contributed by atoms with Crippen molar-refractivity contribution in [3.63, 3.8) is 0 Å². The van der Waals surface area contributed by atoms with Gasteiger partial charge in [0.25, 0.3) is 0 Å². The molecule has 2 aromatic rings. The first-order chi connectivity index (χ1) is 11.5. The molecule has 1 aromatic heterocycles. The number of aliphatic imine (C=N–C) groups is 1. The first-order valence-corrected chi connectivity index (χ1v) is 9.24. The quantitative estimate of drug-likeness (QED) is 0.534. The van der Waals surface area contributed by atoms with Crippen LogP contribution in [-0.4, -0.2) is 24.2 Å². The van der Waals surface area contributed by atoms with Crippen LogP contribution in [0.4, 0.5) is 0 Å². The summed E-state index contributed by atoms with van der Waals surface area (Å²) >= 11 is 7.29. The molecule has 2 unspecified atom stereocenters. The molecule has 2 atom stereocenters. The van der Waals surface area contributed by atoms with Gasteiger partial charge in [0.15, 0.2) is 5.96 Å². The molecule has 0 bridgehead atoms. The summed E-state index contributed by atoms with van der Waals surface area (Å²) in [4.78, 5) is 5.33. The minimum Gasteiger partial charge on any atom is -0.386 e. The fraction of sp³-hybridized carbons (Fsp3) is 0.389. The van der Waals surface area contributed by atoms with Crippen molar-refractivity contribution < 1.29 is 5.11 Å². The van der Waals surface area contributed by atoms with E-state index in [2.05, 4.69) is 41.6 Å². The lowest BCUT2D eigenvalue weighted by Crippen LogP contribution is -2.39. The summed E-state index contributed by atoms with van der Waals surface area (Å²) in [5.41, 5.74) is 2.47. The molecular formula is C18H24ClN3OS. The van der Waals surface area contributed by atoms with Gasteiger partial charge in [0.05, 0.1) is 16.9 Å². The summed E-state index contributed by atoms with van der Waals surface area (Å²) in [6.07, 6.45) is -0.647. The largest absolute Gasteiger partial charge is 0.386 e. The molecule has 0 spiro atoms. The third kappa shape index (κ3) is 5.23. The SMILES string of the molecule is CCNC(=NCC(O)c1ccc(Cl)s1)NC(C)c1ccccc1C. The lowest BCUT2D eigenvalue weighted by molar-refractivity contribution is 0.191. The Morgan fingerprint density at radius 1 is 1.29 bits per heavy atom. The third-order valence-electron chi connectivity index (χ3n) is 3.70. The van der Waals surface area contributed by atoms with Crippen LogP contribution in [0.2, 0.25) is 4.34 Å². The van der Waals surface area contributed by atoms with Gasteiger partial charge in [-0.05, 0) is 44.0 Å². The van der Waals surface area contributed by atoms with Gasteiger partial charge in [-0.3, -0.25) is 4.99 Å². The number of nitrogens with zero attached hydrogens (tertiary/aromatic N) is 1. The molecule has 1 aromatic carbocycles. The molecule has 3 N–H and O–H groups in total. The molecule has 1 heterocycles. The number of aliphatic hydroxyl groups is 1. The van der Waals surface area contributed by atoms with Crippen LogP contribution in [0.25, 0.3) is 0 Å². The molecule has 6 heteroatoms. The maximum Gasteiger partial charge on any atom is 0.191 e. The number of rotatable bonds is 6. The van der Waals surface area contributed by atoms with Crippen molar-refractivity contribution >= 4 is 28.9 Å². The van der Waals surface area contributed by atoms with Crippen LogP contribution in [-0.2, 0) is 0 Å². The van der Waals surface area contributed by atoms with E-state index >= 15 is 0 Å². The number of hydrogen-bond acceptors (Lipinski definition) is 3. The fourth-order valence-electron chi connectivity index (χ4n) is 2.45. The first-order valence-electron chi connectivity index (χ1n) is 8.05. The molecule has 2 rings (SSSR count). The summed E-state index contributed by atoms with van der Waals surface area (Å²) in [6, 6.07) is 12.0. The zero-order valence-corrected chi connectivity index (χ0v) is 15.8. The molecular weight excluding hydrogens is 342 g/mol. The second kappa shape index (κ2) is 9.06. The number of aryl methyl sites for hydroxylation is 1. The molecule has 0 aliphatic carbocycles. The Kier molecular flexibility index (Phi) is 7.09. The van der Waals surface area contributed by atoms with Gasteiger partial charge >= 0.3 is 0 Å². The van der Waals surface area contributed by atoms with Crippen molar-refractivity contribution in [3.05, 3.63) is 56.7 Å². The van der Waals surface area contributed by atoms with Crippen molar-refractivity contribution in [1.29, 1.82) is 0 Å². The van der Waals surface area contributed by atoms with E-state index in [1.165, 1.54) is 22.5 Å². The van der Waals surface area contributed by atoms with E-state index < -0.39 is 6.10 Å². The lowest BCUT2D eigenvalue weighted by Gasteiger charge is -2.20. The molecule has 130 valence electrons. The van der Waals surface area contributed by atoms with Crippen molar-refractivity contribution in [2.24, 2.45) is 4.99 Å². The third-order valence-corrected chi connectivity index (χ3v) is 5.03. The highest BCUT2D eigenvalue weighted by Gasteiger charge is 2.12. The summed E-state index contributed by atoms with van der Waals surface area (Å²) in [7, 11) is 0. The Hall–Kier alpha value is -1.56. The molecule has 0 fully saturated rings. The van der Waals surface area contributed by atoms with E-state index in [1.807, 2.05) is 25.1 Å². The average molecular weight is 366 g/mol. The van der Waals surface area contributed by atoms with Crippen LogP contribution >= 0.6 is 22.9 Å². The number of thiophene rings is 1. The Balaban J connectivity index is 2.04. The van der Waals surface area contributed by atoms with E-state index in [1.54, 1.807) is 6.07 Å². The highest BCUT2D eigenvalue weighted by atomic mass is 35.5. The topological polar surface area (TPSA) is 56.7 Å². The van der Waals surface area contributed by atoms with Crippen molar-refractivity contribution in [1.82, 2.24) is 10.6 Å². The van der Waals surface area contributed by atoms with E-state index in [4.69, 9.17) is 11.6 Å². The second-order valence-corrected chi connectivity index (χ2v) is 7.35. The zero-order chi connectivity index (χ0) is 17.5. The highest BCUT2D eigenvalue weighted by Crippen LogP contribution is 2.27. The zero-order valence-electron chi connectivity index (χ0n) is 14.2. The van der Waals surface area contributed by atoms with Crippen LogP contribution in [0.3, 0.4) is 0 Å². The summed E-state index contributed by atoms with van der Waals surface area (Å²) in [5.74, 6) is 0.690. The number of aliphatic hydroxyl groups excluding tert-OH is 1. The Morgan fingerprint density at radius 2 is 2.04 bits per heavy atom. The van der Waals surface area contributed by atoms with Gasteiger partial charge in [-0.25, -0.2) is 0 Å². The molecule has 0 saturated heterocycles. The Labute approximate surface area is 152 Å². The first kappa shape index (κ1) is 18.8. The normalized spacial score (nSPS) is 14.3. The predicted molar refractivity (Wildman–Crippen MR) is 103 cm³/mol. The number of hydrogen-bond donors (Lipinski definition) is 3. The number of benzene rings is 1. The molecule has 0 amide bonds. The van der Waals surface area contributed by atoms with Gasteiger partial charge in [-0.15, -0.1) is 11.3 Å². The van der Waals surface area contributed by atoms with Crippen LogP contribution in [0.1, 0.15) is 42.0 Å². The van der Waals surface area contributed by atoms with Crippen LogP contribution < -0.4 is 10.6 Å². The maximum atomic E-state index is 10.2. The van der Waals surface area contributed by atoms with E-state index in [0.29, 0.717) is 10.3 Å². The molecule has 0 radical (unpaired) electrons. The van der Waals surface area contributed by atoms with Gasteiger partial charge in [-0.2, -0.15) is 0 Å². The highest BCUT2D eigenvalue weighted by molar-refractivity contribution is 7.16. The maximum absolute atomic E-state index is 10.2. The molecule has 4 nitrogen and oxygen atoms in total. The monoisotopic (exact) mass is 365 g/mol. The van der Waals surface area contributed by atoms with Crippen molar-refractivity contribution in [2.75, 3.05) is 13.1 Å². The minimum absolute atomic E-state index is 0.123. The van der Waals surface area contributed by atoms with E-state index in [-0.39, 0.29) is 12.6 Å². The van der Waals surface area contributed by atoms with Crippen molar-refractivity contribution in [2.45, 2.75) is 32.9 Å². The Bertz CT molecular complexity index is 686. The lowest BCUT2D eigenvalue weighted by atomic mass is 10.0. The van der Waals surface area contributed by atoms with Crippen LogP contribution in [0, 0.1) is 6.92 Å². The molecule has 0 aliphatic heterocycles. The Morgan fingerprint density at radius 3 is 2.67 bits per heavy atom. The van der Waals surface area contributed by atoms with Gasteiger partial charge in [0, 0.05) is 11.4 Å². The molecule has 0 saturated carbocycles. The fourth-order valence-corrected chi connectivity index (χ4v) is 3.49. The summed E-state index contributed by atoms with van der Waals surface area (Å²) in [6.45, 7) is 7.26. The second-order valence-electron chi connectivity index (χ2n) is 5.60. The van der Waals surface area contributed by atoms with E-state index in [0.717, 1.165) is 11.4 Å². The minimum atomic E-state index is -0.647. The predicted octanol–water partition coefficient (Wildman–Crippen LogP) is 4.06. The van der Waals surface area contributed by atoms with Crippen molar-refractivity contribution in [3.8, 4) is 0 Å².